The van der Waals surface area contributed by atoms with E-state index in [9.17, 15) is 4.79 Å². The molecule has 0 radical (unpaired) electrons. The highest BCUT2D eigenvalue weighted by Gasteiger charge is 2.07. The zero-order chi connectivity index (χ0) is 7.98. The molecule has 0 aromatic rings. The molecule has 0 unspecified atom stereocenters. The monoisotopic (exact) mass is 183 g/mol. The summed E-state index contributed by atoms with van der Waals surface area (Å²) in [7, 11) is 2.87. The Bertz CT molecular complexity index is 110. The molecule has 0 aliphatic carbocycles. The maximum Gasteiger partial charge on any atom is 0.307 e. The van der Waals surface area contributed by atoms with Crippen LogP contribution in [-0.2, 0) is 14.3 Å². The number of halogens is 1. The van der Waals surface area contributed by atoms with Crippen LogP contribution in [0.5, 0.6) is 0 Å². The minimum atomic E-state index is -0.301. The highest BCUT2D eigenvalue weighted by Crippen LogP contribution is 1.90. The van der Waals surface area contributed by atoms with E-state index in [1.807, 2.05) is 0 Å². The van der Waals surface area contributed by atoms with E-state index in [1.54, 1.807) is 0 Å². The molecular formula is C6H14ClNO3. The first-order valence-corrected chi connectivity index (χ1v) is 3.02. The van der Waals surface area contributed by atoms with Crippen LogP contribution < -0.4 is 5.73 Å². The van der Waals surface area contributed by atoms with E-state index in [-0.39, 0.29) is 30.8 Å². The smallest absolute Gasteiger partial charge is 0.307 e. The molecule has 0 aromatic heterocycles. The number of nitrogens with two attached hydrogens (primary N) is 1. The van der Waals surface area contributed by atoms with Gasteiger partial charge in [0.2, 0.25) is 0 Å². The van der Waals surface area contributed by atoms with E-state index >= 15 is 0 Å². The number of esters is 1. The average molecular weight is 184 g/mol. The molecule has 0 aliphatic heterocycles. The van der Waals surface area contributed by atoms with Crippen molar-refractivity contribution in [1.82, 2.24) is 0 Å². The van der Waals surface area contributed by atoms with Gasteiger partial charge >= 0.3 is 5.97 Å². The van der Waals surface area contributed by atoms with Gasteiger partial charge in [0.05, 0.1) is 20.1 Å². The predicted octanol–water partition coefficient (Wildman–Crippen LogP) is -0.0550. The van der Waals surface area contributed by atoms with Gasteiger partial charge in [0.25, 0.3) is 0 Å². The lowest BCUT2D eigenvalue weighted by Crippen LogP contribution is -2.28. The van der Waals surface area contributed by atoms with Gasteiger partial charge in [-0.15, -0.1) is 12.4 Å². The summed E-state index contributed by atoms with van der Waals surface area (Å²) in [6.07, 6.45) is 0.213. The number of hydrogen-bond donors (Lipinski definition) is 1. The maximum absolute atomic E-state index is 10.5. The van der Waals surface area contributed by atoms with Crippen molar-refractivity contribution in [1.29, 1.82) is 0 Å². The number of ether oxygens (including phenoxy) is 2. The van der Waals surface area contributed by atoms with Crippen molar-refractivity contribution in [2.24, 2.45) is 5.73 Å². The summed E-state index contributed by atoms with van der Waals surface area (Å²) < 4.78 is 9.11. The van der Waals surface area contributed by atoms with Crippen LogP contribution in [0.2, 0.25) is 0 Å². The van der Waals surface area contributed by atoms with Crippen LogP contribution in [0.3, 0.4) is 0 Å². The first-order chi connectivity index (χ1) is 4.70. The molecule has 0 rings (SSSR count). The summed E-state index contributed by atoms with van der Waals surface area (Å²) in [5.74, 6) is -0.301. The van der Waals surface area contributed by atoms with Crippen LogP contribution in [0.4, 0.5) is 0 Å². The van der Waals surface area contributed by atoms with Crippen molar-refractivity contribution in [2.75, 3.05) is 20.8 Å². The highest BCUT2D eigenvalue weighted by molar-refractivity contribution is 5.85. The normalized spacial score (nSPS) is 11.5. The first kappa shape index (κ1) is 13.3. The van der Waals surface area contributed by atoms with Gasteiger partial charge in [0, 0.05) is 13.2 Å². The Hall–Kier alpha value is -0.320. The molecule has 0 aliphatic rings. The molecule has 0 saturated heterocycles. The summed E-state index contributed by atoms with van der Waals surface area (Å²) in [6.45, 7) is 0.384. The Kier molecular flexibility index (Phi) is 9.40. The lowest BCUT2D eigenvalue weighted by Gasteiger charge is -2.07. The molecule has 2 N–H and O–H groups in total. The first-order valence-electron chi connectivity index (χ1n) is 3.02. The number of methoxy groups -OCH3 is 2. The fourth-order valence-corrected chi connectivity index (χ4v) is 0.570. The van der Waals surface area contributed by atoms with E-state index in [4.69, 9.17) is 10.5 Å². The Morgan fingerprint density at radius 1 is 1.55 bits per heavy atom. The van der Waals surface area contributed by atoms with Crippen LogP contribution in [0.25, 0.3) is 0 Å². The Labute approximate surface area is 72.4 Å². The molecule has 11 heavy (non-hydrogen) atoms. The number of rotatable bonds is 4. The van der Waals surface area contributed by atoms with Crippen molar-refractivity contribution in [3.8, 4) is 0 Å². The second-order valence-corrected chi connectivity index (χ2v) is 2.00. The molecule has 5 heteroatoms. The van der Waals surface area contributed by atoms with Gasteiger partial charge in [-0.3, -0.25) is 4.79 Å². The average Bonchev–Trinajstić information content (AvgIpc) is 1.88. The molecule has 0 spiro atoms. The number of hydrogen-bond acceptors (Lipinski definition) is 4. The van der Waals surface area contributed by atoms with Gasteiger partial charge in [-0.2, -0.15) is 0 Å². The number of carbonyl (C=O) groups is 1. The van der Waals surface area contributed by atoms with Gasteiger partial charge in [0.15, 0.2) is 0 Å². The molecule has 68 valence electrons. The lowest BCUT2D eigenvalue weighted by atomic mass is 10.2. The number of carbonyl (C=O) groups excluding carboxylic acids is 1. The van der Waals surface area contributed by atoms with E-state index in [1.165, 1.54) is 14.2 Å². The van der Waals surface area contributed by atoms with E-state index in [0.717, 1.165) is 0 Å². The quantitative estimate of drug-likeness (QED) is 0.621. The Morgan fingerprint density at radius 2 is 2.09 bits per heavy atom. The van der Waals surface area contributed by atoms with Gasteiger partial charge in [-0.05, 0) is 0 Å². The zero-order valence-electron chi connectivity index (χ0n) is 6.70. The molecule has 1 atom stereocenters. The second-order valence-electron chi connectivity index (χ2n) is 2.00. The van der Waals surface area contributed by atoms with Gasteiger partial charge in [-0.25, -0.2) is 0 Å². The van der Waals surface area contributed by atoms with Crippen LogP contribution >= 0.6 is 12.4 Å². The van der Waals surface area contributed by atoms with E-state index in [0.29, 0.717) is 6.61 Å². The molecule has 0 saturated carbocycles. The van der Waals surface area contributed by atoms with Gasteiger partial charge < -0.3 is 15.2 Å². The van der Waals surface area contributed by atoms with Gasteiger partial charge in [-0.1, -0.05) is 0 Å². The summed E-state index contributed by atoms with van der Waals surface area (Å²) in [6, 6.07) is -0.252. The minimum absolute atomic E-state index is 0. The molecule has 0 fully saturated rings. The fraction of sp³-hybridized carbons (Fsp3) is 0.833. The molecule has 0 amide bonds. The summed E-state index contributed by atoms with van der Waals surface area (Å²) >= 11 is 0. The minimum Gasteiger partial charge on any atom is -0.469 e. The third-order valence-corrected chi connectivity index (χ3v) is 1.04. The summed E-state index contributed by atoms with van der Waals surface area (Å²) in [5, 5.41) is 0. The van der Waals surface area contributed by atoms with Crippen LogP contribution in [0, 0.1) is 0 Å². The molecule has 0 bridgehead atoms. The Morgan fingerprint density at radius 3 is 2.45 bits per heavy atom. The largest absolute Gasteiger partial charge is 0.469 e. The predicted molar refractivity (Wildman–Crippen MR) is 43.7 cm³/mol. The maximum atomic E-state index is 10.5. The molecule has 0 heterocycles. The highest BCUT2D eigenvalue weighted by atomic mass is 35.5. The fourth-order valence-electron chi connectivity index (χ4n) is 0.570. The lowest BCUT2D eigenvalue weighted by molar-refractivity contribution is -0.141. The molecule has 4 nitrogen and oxygen atoms in total. The van der Waals surface area contributed by atoms with Crippen molar-refractivity contribution in [2.45, 2.75) is 12.5 Å². The van der Waals surface area contributed by atoms with Crippen LogP contribution in [-0.4, -0.2) is 32.8 Å². The SMILES string of the molecule is COC[C@@H](N)CC(=O)OC.Cl. The summed E-state index contributed by atoms with van der Waals surface area (Å²) in [4.78, 5) is 10.5. The van der Waals surface area contributed by atoms with Crippen molar-refractivity contribution < 1.29 is 14.3 Å². The van der Waals surface area contributed by atoms with Crippen molar-refractivity contribution in [3.63, 3.8) is 0 Å². The van der Waals surface area contributed by atoms with Crippen LogP contribution in [0.1, 0.15) is 6.42 Å². The Balaban J connectivity index is 0. The third kappa shape index (κ3) is 7.58. The van der Waals surface area contributed by atoms with E-state index in [2.05, 4.69) is 4.74 Å². The van der Waals surface area contributed by atoms with Crippen molar-refractivity contribution in [3.05, 3.63) is 0 Å². The molecular weight excluding hydrogens is 170 g/mol. The summed E-state index contributed by atoms with van der Waals surface area (Å²) in [5.41, 5.74) is 5.43. The molecule has 0 aromatic carbocycles. The van der Waals surface area contributed by atoms with Crippen molar-refractivity contribution >= 4 is 18.4 Å². The zero-order valence-corrected chi connectivity index (χ0v) is 7.52. The third-order valence-electron chi connectivity index (χ3n) is 1.04. The van der Waals surface area contributed by atoms with E-state index < -0.39 is 0 Å². The van der Waals surface area contributed by atoms with Gasteiger partial charge in [0.1, 0.15) is 0 Å². The standard InChI is InChI=1S/C6H13NO3.ClH/c1-9-4-5(7)3-6(8)10-2;/h5H,3-4,7H2,1-2H3;1H/t5-;/m0./s1. The van der Waals surface area contributed by atoms with Crippen LogP contribution in [0.15, 0.2) is 0 Å². The second kappa shape index (κ2) is 7.78. The topological polar surface area (TPSA) is 61.5 Å².